The summed E-state index contributed by atoms with van der Waals surface area (Å²) in [6, 6.07) is 23.6. The first kappa shape index (κ1) is 19.6. The standard InChI is InChI=1S/C25H22ClN3O2/c1-31-23-13-7-2-8-17(23)15-29-22-12-6-4-10-20(22)27-25(29)18-14-24(30)28(16-18)21-11-5-3-9-19(21)26/h2-13,18H,14-16H2,1H3. The van der Waals surface area contributed by atoms with Crippen LogP contribution in [0.15, 0.2) is 72.8 Å². The van der Waals surface area contributed by atoms with Crippen LogP contribution >= 0.6 is 11.6 Å². The number of hydrogen-bond acceptors (Lipinski definition) is 3. The van der Waals surface area contributed by atoms with Crippen LogP contribution in [-0.4, -0.2) is 29.1 Å². The van der Waals surface area contributed by atoms with E-state index in [-0.39, 0.29) is 11.8 Å². The number of nitrogens with zero attached hydrogens (tertiary/aromatic N) is 3. The number of carbonyl (C=O) groups excluding carboxylic acids is 1. The van der Waals surface area contributed by atoms with Crippen molar-refractivity contribution in [2.24, 2.45) is 0 Å². The molecule has 1 aliphatic heterocycles. The van der Waals surface area contributed by atoms with Gasteiger partial charge in [0.15, 0.2) is 0 Å². The minimum Gasteiger partial charge on any atom is -0.496 e. The van der Waals surface area contributed by atoms with Crippen LogP contribution in [0.3, 0.4) is 0 Å². The number of benzene rings is 3. The number of aromatic nitrogens is 2. The quantitative estimate of drug-likeness (QED) is 0.432. The van der Waals surface area contributed by atoms with Gasteiger partial charge in [-0.2, -0.15) is 0 Å². The molecule has 0 radical (unpaired) electrons. The molecule has 1 saturated heterocycles. The molecule has 4 aromatic rings. The van der Waals surface area contributed by atoms with Crippen LogP contribution in [0.25, 0.3) is 11.0 Å². The Balaban J connectivity index is 1.55. The average Bonchev–Trinajstić information content (AvgIpc) is 3.35. The Morgan fingerprint density at radius 1 is 1.03 bits per heavy atom. The number of ether oxygens (including phenoxy) is 1. The van der Waals surface area contributed by atoms with Crippen LogP contribution in [0.4, 0.5) is 5.69 Å². The lowest BCUT2D eigenvalue weighted by Crippen LogP contribution is -2.24. The zero-order chi connectivity index (χ0) is 21.4. The molecule has 2 heterocycles. The van der Waals surface area contributed by atoms with E-state index in [1.165, 1.54) is 0 Å². The predicted molar refractivity (Wildman–Crippen MR) is 123 cm³/mol. The number of hydrogen-bond donors (Lipinski definition) is 0. The van der Waals surface area contributed by atoms with Crippen molar-refractivity contribution in [3.8, 4) is 5.75 Å². The second kappa shape index (κ2) is 8.08. The molecule has 1 fully saturated rings. The van der Waals surface area contributed by atoms with Gasteiger partial charge in [-0.15, -0.1) is 0 Å². The molecule has 6 heteroatoms. The highest BCUT2D eigenvalue weighted by Gasteiger charge is 2.35. The molecule has 156 valence electrons. The Labute approximate surface area is 185 Å². The highest BCUT2D eigenvalue weighted by atomic mass is 35.5. The number of fused-ring (bicyclic) bond motifs is 1. The van der Waals surface area contributed by atoms with E-state index in [4.69, 9.17) is 21.3 Å². The molecule has 0 spiro atoms. The number of carbonyl (C=O) groups is 1. The van der Waals surface area contributed by atoms with Crippen molar-refractivity contribution in [3.05, 3.63) is 89.2 Å². The summed E-state index contributed by atoms with van der Waals surface area (Å²) in [7, 11) is 1.68. The van der Waals surface area contributed by atoms with Crippen LogP contribution in [0.5, 0.6) is 5.75 Å². The minimum atomic E-state index is -0.0223. The van der Waals surface area contributed by atoms with E-state index < -0.39 is 0 Å². The van der Waals surface area contributed by atoms with Crippen LogP contribution in [0, 0.1) is 0 Å². The van der Waals surface area contributed by atoms with Gasteiger partial charge in [0.05, 0.1) is 35.4 Å². The van der Waals surface area contributed by atoms with Crippen molar-refractivity contribution < 1.29 is 9.53 Å². The highest BCUT2D eigenvalue weighted by molar-refractivity contribution is 6.33. The molecule has 1 aromatic heterocycles. The number of methoxy groups -OCH3 is 1. The third-order valence-electron chi connectivity index (χ3n) is 5.84. The third-order valence-corrected chi connectivity index (χ3v) is 6.16. The number of halogens is 1. The Morgan fingerprint density at radius 3 is 2.61 bits per heavy atom. The zero-order valence-corrected chi connectivity index (χ0v) is 17.9. The maximum Gasteiger partial charge on any atom is 0.227 e. The molecule has 31 heavy (non-hydrogen) atoms. The first-order valence-corrected chi connectivity index (χ1v) is 10.7. The summed E-state index contributed by atoms with van der Waals surface area (Å²) in [4.78, 5) is 19.6. The second-order valence-corrected chi connectivity index (χ2v) is 8.12. The number of anilines is 1. The average molecular weight is 432 g/mol. The van der Waals surface area contributed by atoms with Gasteiger partial charge in [-0.05, 0) is 30.3 Å². The molecule has 5 rings (SSSR count). The Kier molecular flexibility index (Phi) is 5.12. The Bertz CT molecular complexity index is 1270. The normalized spacial score (nSPS) is 16.3. The molecule has 0 N–H and O–H groups in total. The van der Waals surface area contributed by atoms with Crippen LogP contribution in [-0.2, 0) is 11.3 Å². The summed E-state index contributed by atoms with van der Waals surface area (Å²) in [5, 5.41) is 0.582. The van der Waals surface area contributed by atoms with Crippen LogP contribution < -0.4 is 9.64 Å². The number of amides is 1. The van der Waals surface area contributed by atoms with Crippen molar-refractivity contribution in [2.45, 2.75) is 18.9 Å². The Hall–Kier alpha value is -3.31. The third kappa shape index (κ3) is 3.55. The van der Waals surface area contributed by atoms with Gasteiger partial charge < -0.3 is 14.2 Å². The van der Waals surface area contributed by atoms with E-state index in [9.17, 15) is 4.79 Å². The molecule has 0 aliphatic carbocycles. The van der Waals surface area contributed by atoms with Crippen LogP contribution in [0.1, 0.15) is 23.7 Å². The lowest BCUT2D eigenvalue weighted by molar-refractivity contribution is -0.117. The second-order valence-electron chi connectivity index (χ2n) is 7.71. The van der Waals surface area contributed by atoms with Gasteiger partial charge in [-0.3, -0.25) is 4.79 Å². The summed E-state index contributed by atoms with van der Waals surface area (Å²) < 4.78 is 7.78. The molecule has 1 atom stereocenters. The molecule has 0 saturated carbocycles. The number of para-hydroxylation sites is 4. The number of imidazole rings is 1. The van der Waals surface area contributed by atoms with Gasteiger partial charge in [-0.25, -0.2) is 4.98 Å². The number of rotatable bonds is 5. The van der Waals surface area contributed by atoms with Gasteiger partial charge in [0.2, 0.25) is 5.91 Å². The van der Waals surface area contributed by atoms with Gasteiger partial charge in [0.1, 0.15) is 11.6 Å². The van der Waals surface area contributed by atoms with E-state index in [0.717, 1.165) is 33.9 Å². The fourth-order valence-corrected chi connectivity index (χ4v) is 4.60. The molecule has 1 amide bonds. The van der Waals surface area contributed by atoms with Crippen molar-refractivity contribution in [2.75, 3.05) is 18.6 Å². The predicted octanol–water partition coefficient (Wildman–Crippen LogP) is 5.27. The SMILES string of the molecule is COc1ccccc1Cn1c(C2CC(=O)N(c3ccccc3Cl)C2)nc2ccccc21. The van der Waals surface area contributed by atoms with Crippen LogP contribution in [0.2, 0.25) is 5.02 Å². The van der Waals surface area contributed by atoms with Crippen molar-refractivity contribution in [1.29, 1.82) is 0 Å². The molecule has 5 nitrogen and oxygen atoms in total. The van der Waals surface area contributed by atoms with E-state index in [0.29, 0.717) is 24.5 Å². The maximum absolute atomic E-state index is 12.9. The molecule has 0 bridgehead atoms. The van der Waals surface area contributed by atoms with Crippen molar-refractivity contribution >= 4 is 34.2 Å². The first-order chi connectivity index (χ1) is 15.2. The Morgan fingerprint density at radius 2 is 1.77 bits per heavy atom. The molecular formula is C25H22ClN3O2. The summed E-state index contributed by atoms with van der Waals surface area (Å²) >= 11 is 6.37. The van der Waals surface area contributed by atoms with Gasteiger partial charge in [-0.1, -0.05) is 54.1 Å². The molecule has 1 aliphatic rings. The minimum absolute atomic E-state index is 0.0223. The smallest absolute Gasteiger partial charge is 0.227 e. The lowest BCUT2D eigenvalue weighted by Gasteiger charge is -2.19. The molecular weight excluding hydrogens is 410 g/mol. The first-order valence-electron chi connectivity index (χ1n) is 10.3. The van der Waals surface area contributed by atoms with Crippen molar-refractivity contribution in [3.63, 3.8) is 0 Å². The van der Waals surface area contributed by atoms with Gasteiger partial charge >= 0.3 is 0 Å². The van der Waals surface area contributed by atoms with E-state index in [1.807, 2.05) is 60.7 Å². The van der Waals surface area contributed by atoms with E-state index in [1.54, 1.807) is 12.0 Å². The maximum atomic E-state index is 12.9. The molecule has 1 unspecified atom stereocenters. The van der Waals surface area contributed by atoms with E-state index >= 15 is 0 Å². The zero-order valence-electron chi connectivity index (χ0n) is 17.2. The van der Waals surface area contributed by atoms with Gasteiger partial charge in [0.25, 0.3) is 0 Å². The summed E-state index contributed by atoms with van der Waals surface area (Å²) in [6.07, 6.45) is 0.403. The van der Waals surface area contributed by atoms with Gasteiger partial charge in [0, 0.05) is 24.4 Å². The monoisotopic (exact) mass is 431 g/mol. The fourth-order valence-electron chi connectivity index (χ4n) is 4.36. The van der Waals surface area contributed by atoms with Crippen molar-refractivity contribution in [1.82, 2.24) is 9.55 Å². The largest absolute Gasteiger partial charge is 0.496 e. The molecule has 3 aromatic carbocycles. The lowest BCUT2D eigenvalue weighted by atomic mass is 10.1. The fraction of sp³-hybridized carbons (Fsp3) is 0.200. The highest BCUT2D eigenvalue weighted by Crippen LogP contribution is 2.36. The topological polar surface area (TPSA) is 47.4 Å². The summed E-state index contributed by atoms with van der Waals surface area (Å²) in [6.45, 7) is 1.18. The summed E-state index contributed by atoms with van der Waals surface area (Å²) in [5.41, 5.74) is 3.80. The van der Waals surface area contributed by atoms with E-state index in [2.05, 4.69) is 16.7 Å². The summed E-state index contributed by atoms with van der Waals surface area (Å²) in [5.74, 6) is 1.79.